The predicted octanol–water partition coefficient (Wildman–Crippen LogP) is 2.91. The van der Waals surface area contributed by atoms with Crippen molar-refractivity contribution in [1.82, 2.24) is 5.32 Å². The molecule has 0 aliphatic carbocycles. The summed E-state index contributed by atoms with van der Waals surface area (Å²) >= 11 is 0. The van der Waals surface area contributed by atoms with E-state index in [2.05, 4.69) is 5.32 Å². The fraction of sp³-hybridized carbons (Fsp3) is 0.455. The molecule has 5 heteroatoms. The van der Waals surface area contributed by atoms with Gasteiger partial charge in [0.25, 0.3) is 0 Å². The molecule has 0 heterocycles. The van der Waals surface area contributed by atoms with Gasteiger partial charge in [-0.1, -0.05) is 19.9 Å². The minimum Gasteiger partial charge on any atom is -0.508 e. The minimum absolute atomic E-state index is 0.106. The lowest BCUT2D eigenvalue weighted by atomic mass is 10.1. The number of halogens is 3. The largest absolute Gasteiger partial charge is 0.508 e. The van der Waals surface area contributed by atoms with Crippen LogP contribution in [0.1, 0.15) is 25.0 Å². The van der Waals surface area contributed by atoms with Crippen LogP contribution in [0.3, 0.4) is 0 Å². The molecule has 2 nitrogen and oxygen atoms in total. The van der Waals surface area contributed by atoms with Crippen LogP contribution < -0.4 is 5.32 Å². The van der Waals surface area contributed by atoms with Crippen molar-refractivity contribution >= 4 is 0 Å². The molecular weight excluding hydrogens is 219 g/mol. The highest BCUT2D eigenvalue weighted by Gasteiger charge is 2.33. The Hall–Kier alpha value is -1.23. The fourth-order valence-corrected chi connectivity index (χ4v) is 1.30. The number of phenols is 1. The Morgan fingerprint density at radius 2 is 1.94 bits per heavy atom. The highest BCUT2D eigenvalue weighted by molar-refractivity contribution is 5.36. The highest BCUT2D eigenvalue weighted by atomic mass is 19.4. The van der Waals surface area contributed by atoms with E-state index < -0.39 is 11.7 Å². The third kappa shape index (κ3) is 3.41. The smallest absolute Gasteiger partial charge is 0.416 e. The van der Waals surface area contributed by atoms with E-state index in [-0.39, 0.29) is 23.9 Å². The van der Waals surface area contributed by atoms with Crippen molar-refractivity contribution in [3.8, 4) is 5.75 Å². The van der Waals surface area contributed by atoms with Crippen LogP contribution in [0, 0.1) is 0 Å². The highest BCUT2D eigenvalue weighted by Crippen LogP contribution is 2.34. The number of phenolic OH excluding ortho intramolecular Hbond substituents is 1. The maximum atomic E-state index is 12.6. The molecule has 0 amide bonds. The monoisotopic (exact) mass is 233 g/mol. The van der Waals surface area contributed by atoms with Crippen LogP contribution in [0.2, 0.25) is 0 Å². The van der Waals surface area contributed by atoms with Crippen LogP contribution in [-0.4, -0.2) is 11.1 Å². The van der Waals surface area contributed by atoms with E-state index in [4.69, 9.17) is 5.11 Å². The molecule has 0 bridgehead atoms. The molecule has 1 rings (SSSR count). The van der Waals surface area contributed by atoms with Gasteiger partial charge in [0.05, 0.1) is 5.56 Å². The fourth-order valence-electron chi connectivity index (χ4n) is 1.30. The van der Waals surface area contributed by atoms with Gasteiger partial charge >= 0.3 is 6.18 Å². The molecule has 0 saturated carbocycles. The Bertz CT molecular complexity index is 361. The van der Waals surface area contributed by atoms with E-state index in [9.17, 15) is 13.2 Å². The maximum absolute atomic E-state index is 12.6. The molecule has 1 aromatic carbocycles. The van der Waals surface area contributed by atoms with E-state index in [0.717, 1.165) is 6.07 Å². The molecule has 1 aromatic rings. The van der Waals surface area contributed by atoms with Gasteiger partial charge in [0, 0.05) is 12.6 Å². The summed E-state index contributed by atoms with van der Waals surface area (Å²) in [5.41, 5.74) is -0.653. The molecule has 0 atom stereocenters. The molecule has 90 valence electrons. The lowest BCUT2D eigenvalue weighted by molar-refractivity contribution is -0.138. The molecule has 0 radical (unpaired) electrons. The number of benzene rings is 1. The zero-order chi connectivity index (χ0) is 12.3. The SMILES string of the molecule is CC(C)NCc1ccc(O)cc1C(F)(F)F. The van der Waals surface area contributed by atoms with Crippen LogP contribution >= 0.6 is 0 Å². The van der Waals surface area contributed by atoms with Crippen molar-refractivity contribution < 1.29 is 18.3 Å². The van der Waals surface area contributed by atoms with Crippen LogP contribution in [-0.2, 0) is 12.7 Å². The number of aromatic hydroxyl groups is 1. The Morgan fingerprint density at radius 3 is 2.44 bits per heavy atom. The molecule has 0 saturated heterocycles. The minimum atomic E-state index is -4.44. The second-order valence-electron chi connectivity index (χ2n) is 3.87. The quantitative estimate of drug-likeness (QED) is 0.841. The summed E-state index contributed by atoms with van der Waals surface area (Å²) in [5.74, 6) is -0.374. The molecule has 0 aliphatic heterocycles. The van der Waals surface area contributed by atoms with E-state index in [1.807, 2.05) is 13.8 Å². The zero-order valence-corrected chi connectivity index (χ0v) is 9.10. The average Bonchev–Trinajstić information content (AvgIpc) is 2.14. The van der Waals surface area contributed by atoms with Crippen molar-refractivity contribution in [2.45, 2.75) is 32.6 Å². The van der Waals surface area contributed by atoms with Gasteiger partial charge in [-0.3, -0.25) is 0 Å². The Balaban J connectivity index is 2.99. The molecular formula is C11H14F3NO. The van der Waals surface area contributed by atoms with Crippen LogP contribution in [0.25, 0.3) is 0 Å². The van der Waals surface area contributed by atoms with Gasteiger partial charge in [-0.05, 0) is 17.7 Å². The molecule has 2 N–H and O–H groups in total. The normalized spacial score (nSPS) is 12.1. The Labute approximate surface area is 92.1 Å². The van der Waals surface area contributed by atoms with E-state index >= 15 is 0 Å². The topological polar surface area (TPSA) is 32.3 Å². The third-order valence-corrected chi connectivity index (χ3v) is 2.10. The summed E-state index contributed by atoms with van der Waals surface area (Å²) in [4.78, 5) is 0. The summed E-state index contributed by atoms with van der Waals surface area (Å²) in [6.45, 7) is 3.84. The molecule has 16 heavy (non-hydrogen) atoms. The van der Waals surface area contributed by atoms with Gasteiger partial charge in [-0.2, -0.15) is 13.2 Å². The summed E-state index contributed by atoms with van der Waals surface area (Å²) in [6.07, 6.45) is -4.44. The van der Waals surface area contributed by atoms with E-state index in [1.54, 1.807) is 0 Å². The van der Waals surface area contributed by atoms with Crippen LogP contribution in [0.4, 0.5) is 13.2 Å². The first-order valence-electron chi connectivity index (χ1n) is 4.93. The number of hydrogen-bond acceptors (Lipinski definition) is 2. The first-order valence-corrected chi connectivity index (χ1v) is 4.93. The van der Waals surface area contributed by atoms with Gasteiger partial charge in [0.2, 0.25) is 0 Å². The first kappa shape index (κ1) is 12.8. The molecule has 0 aromatic heterocycles. The number of rotatable bonds is 3. The van der Waals surface area contributed by atoms with Gasteiger partial charge in [-0.15, -0.1) is 0 Å². The predicted molar refractivity (Wildman–Crippen MR) is 55.1 cm³/mol. The van der Waals surface area contributed by atoms with Crippen molar-refractivity contribution in [1.29, 1.82) is 0 Å². The average molecular weight is 233 g/mol. The number of nitrogens with one attached hydrogen (secondary N) is 1. The standard InChI is InChI=1S/C11H14F3NO/c1-7(2)15-6-8-3-4-9(16)5-10(8)11(12,13)14/h3-5,7,15-16H,6H2,1-2H3. The van der Waals surface area contributed by atoms with Gasteiger partial charge in [0.15, 0.2) is 0 Å². The lowest BCUT2D eigenvalue weighted by Gasteiger charge is -2.15. The van der Waals surface area contributed by atoms with Gasteiger partial charge < -0.3 is 10.4 Å². The Morgan fingerprint density at radius 1 is 1.31 bits per heavy atom. The lowest BCUT2D eigenvalue weighted by Crippen LogP contribution is -2.23. The van der Waals surface area contributed by atoms with Crippen LogP contribution in [0.15, 0.2) is 18.2 Å². The zero-order valence-electron chi connectivity index (χ0n) is 9.10. The van der Waals surface area contributed by atoms with E-state index in [0.29, 0.717) is 0 Å². The molecule has 0 fully saturated rings. The molecule has 0 spiro atoms. The van der Waals surface area contributed by atoms with E-state index in [1.165, 1.54) is 12.1 Å². The summed E-state index contributed by atoms with van der Waals surface area (Å²) in [5, 5.41) is 12.0. The first-order chi connectivity index (χ1) is 7.30. The van der Waals surface area contributed by atoms with Crippen LogP contribution in [0.5, 0.6) is 5.75 Å². The van der Waals surface area contributed by atoms with Crippen molar-refractivity contribution in [2.24, 2.45) is 0 Å². The summed E-state index contributed by atoms with van der Waals surface area (Å²) in [6, 6.07) is 3.40. The number of hydrogen-bond donors (Lipinski definition) is 2. The molecule has 0 unspecified atom stereocenters. The second kappa shape index (κ2) is 4.74. The molecule has 0 aliphatic rings. The van der Waals surface area contributed by atoms with Gasteiger partial charge in [-0.25, -0.2) is 0 Å². The summed E-state index contributed by atoms with van der Waals surface area (Å²) in [7, 11) is 0. The van der Waals surface area contributed by atoms with Crippen molar-refractivity contribution in [2.75, 3.05) is 0 Å². The summed E-state index contributed by atoms with van der Waals surface area (Å²) < 4.78 is 37.8. The van der Waals surface area contributed by atoms with Gasteiger partial charge in [0.1, 0.15) is 5.75 Å². The Kier molecular flexibility index (Phi) is 3.80. The third-order valence-electron chi connectivity index (χ3n) is 2.10. The second-order valence-corrected chi connectivity index (χ2v) is 3.87. The van der Waals surface area contributed by atoms with Crippen molar-refractivity contribution in [3.63, 3.8) is 0 Å². The number of alkyl halides is 3. The van der Waals surface area contributed by atoms with Crippen molar-refractivity contribution in [3.05, 3.63) is 29.3 Å². The maximum Gasteiger partial charge on any atom is 0.416 e.